The molecule has 1 aliphatic heterocycles. The van der Waals surface area contributed by atoms with Crippen molar-refractivity contribution in [2.24, 2.45) is 0 Å². The molecule has 1 saturated heterocycles. The normalized spacial score (nSPS) is 20.5. The highest BCUT2D eigenvalue weighted by molar-refractivity contribution is 5.70. The number of nitrogens with zero attached hydrogens (tertiary/aromatic N) is 3. The Morgan fingerprint density at radius 3 is 2.62 bits per heavy atom. The number of rotatable bonds is 5. The van der Waals surface area contributed by atoms with Crippen molar-refractivity contribution in [2.75, 3.05) is 26.2 Å². The average Bonchev–Trinajstić information content (AvgIpc) is 2.62. The number of pyridine rings is 1. The molecule has 0 spiro atoms. The molecule has 1 aromatic carbocycles. The van der Waals surface area contributed by atoms with Crippen LogP contribution in [0.25, 0.3) is 11.1 Å². The topological polar surface area (TPSA) is 58.4 Å². The Kier molecular flexibility index (Phi) is 5.82. The number of nitriles is 1. The van der Waals surface area contributed by atoms with Crippen LogP contribution in [0.5, 0.6) is 5.75 Å². The lowest BCUT2D eigenvalue weighted by Crippen LogP contribution is -2.46. The molecule has 1 fully saturated rings. The van der Waals surface area contributed by atoms with Gasteiger partial charge in [-0.05, 0) is 37.6 Å². The summed E-state index contributed by atoms with van der Waals surface area (Å²) >= 11 is 0. The highest BCUT2D eigenvalue weighted by atomic mass is 19.1. The van der Waals surface area contributed by atoms with Gasteiger partial charge in [-0.15, -0.1) is 0 Å². The number of halogens is 1. The third-order valence-corrected chi connectivity index (χ3v) is 4.30. The number of benzene rings is 1. The van der Waals surface area contributed by atoms with E-state index in [0.29, 0.717) is 18.1 Å². The third-order valence-electron chi connectivity index (χ3n) is 4.30. The van der Waals surface area contributed by atoms with E-state index in [4.69, 9.17) is 14.7 Å². The molecule has 26 heavy (non-hydrogen) atoms. The van der Waals surface area contributed by atoms with E-state index in [9.17, 15) is 4.39 Å². The smallest absolute Gasteiger partial charge is 0.145 e. The zero-order chi connectivity index (χ0) is 18.5. The van der Waals surface area contributed by atoms with E-state index in [0.717, 1.165) is 30.8 Å². The van der Waals surface area contributed by atoms with Crippen molar-refractivity contribution in [1.82, 2.24) is 9.88 Å². The summed E-state index contributed by atoms with van der Waals surface area (Å²) in [4.78, 5) is 6.41. The minimum absolute atomic E-state index is 0.213. The van der Waals surface area contributed by atoms with Gasteiger partial charge in [-0.2, -0.15) is 5.26 Å². The van der Waals surface area contributed by atoms with Gasteiger partial charge in [-0.3, -0.25) is 4.90 Å². The van der Waals surface area contributed by atoms with Crippen molar-refractivity contribution in [1.29, 1.82) is 5.26 Å². The first-order valence-corrected chi connectivity index (χ1v) is 8.72. The van der Waals surface area contributed by atoms with Gasteiger partial charge in [0.15, 0.2) is 0 Å². The van der Waals surface area contributed by atoms with Crippen LogP contribution in [0.3, 0.4) is 0 Å². The second kappa shape index (κ2) is 8.26. The summed E-state index contributed by atoms with van der Waals surface area (Å²) in [7, 11) is 0. The van der Waals surface area contributed by atoms with Crippen LogP contribution in [0.4, 0.5) is 4.39 Å². The van der Waals surface area contributed by atoms with Crippen LogP contribution in [0.1, 0.15) is 19.5 Å². The fraction of sp³-hybridized carbons (Fsp3) is 0.400. The molecule has 0 amide bonds. The Morgan fingerprint density at radius 2 is 1.96 bits per heavy atom. The maximum atomic E-state index is 13.2. The molecule has 1 aliphatic rings. The number of hydrogen-bond donors (Lipinski definition) is 0. The number of morpholine rings is 1. The Hall–Kier alpha value is -2.49. The number of hydrogen-bond acceptors (Lipinski definition) is 5. The lowest BCUT2D eigenvalue weighted by Gasteiger charge is -2.35. The van der Waals surface area contributed by atoms with Crippen molar-refractivity contribution >= 4 is 0 Å². The third kappa shape index (κ3) is 4.57. The van der Waals surface area contributed by atoms with Crippen LogP contribution in [0.2, 0.25) is 0 Å². The van der Waals surface area contributed by atoms with E-state index in [2.05, 4.69) is 23.7 Å². The maximum absolute atomic E-state index is 13.2. The van der Waals surface area contributed by atoms with E-state index in [1.54, 1.807) is 24.4 Å². The first kappa shape index (κ1) is 18.3. The van der Waals surface area contributed by atoms with E-state index >= 15 is 0 Å². The highest BCUT2D eigenvalue weighted by Gasteiger charge is 2.22. The largest absolute Gasteiger partial charge is 0.490 e. The summed E-state index contributed by atoms with van der Waals surface area (Å²) in [6.07, 6.45) is 1.98. The Labute approximate surface area is 153 Å². The van der Waals surface area contributed by atoms with Crippen LogP contribution in [0.15, 0.2) is 36.5 Å². The minimum Gasteiger partial charge on any atom is -0.490 e. The fourth-order valence-electron chi connectivity index (χ4n) is 3.23. The van der Waals surface area contributed by atoms with Gasteiger partial charge in [-0.1, -0.05) is 12.1 Å². The standard InChI is InChI=1S/C20H22FN3O2/c1-14-12-24(13-15(2)26-14)7-8-25-20-11-23-18(10-22)9-19(20)16-3-5-17(21)6-4-16/h3-6,9,11,14-15H,7-8,12-13H2,1-2H3. The number of ether oxygens (including phenoxy) is 2. The molecule has 2 aromatic rings. The van der Waals surface area contributed by atoms with Gasteiger partial charge in [0.1, 0.15) is 29.9 Å². The summed E-state index contributed by atoms with van der Waals surface area (Å²) in [6.45, 7) is 7.18. The summed E-state index contributed by atoms with van der Waals surface area (Å²) in [5.41, 5.74) is 1.82. The van der Waals surface area contributed by atoms with Gasteiger partial charge in [0, 0.05) is 25.2 Å². The zero-order valence-electron chi connectivity index (χ0n) is 15.0. The molecule has 6 heteroatoms. The van der Waals surface area contributed by atoms with Gasteiger partial charge in [0.25, 0.3) is 0 Å². The second-order valence-corrected chi connectivity index (χ2v) is 6.55. The van der Waals surface area contributed by atoms with E-state index in [1.165, 1.54) is 12.1 Å². The summed E-state index contributed by atoms with van der Waals surface area (Å²) in [6, 6.07) is 9.82. The first-order valence-electron chi connectivity index (χ1n) is 8.72. The molecule has 0 radical (unpaired) electrons. The van der Waals surface area contributed by atoms with Gasteiger partial charge in [0.05, 0.1) is 18.4 Å². The molecular weight excluding hydrogens is 333 g/mol. The SMILES string of the molecule is CC1CN(CCOc2cnc(C#N)cc2-c2ccc(F)cc2)CC(C)O1. The summed E-state index contributed by atoms with van der Waals surface area (Å²) in [5.74, 6) is 0.284. The fourth-order valence-corrected chi connectivity index (χ4v) is 3.23. The Morgan fingerprint density at radius 1 is 1.27 bits per heavy atom. The summed E-state index contributed by atoms with van der Waals surface area (Å²) < 4.78 is 24.9. The summed E-state index contributed by atoms with van der Waals surface area (Å²) in [5, 5.41) is 9.11. The zero-order valence-corrected chi connectivity index (χ0v) is 15.0. The average molecular weight is 355 g/mol. The second-order valence-electron chi connectivity index (χ2n) is 6.55. The van der Waals surface area contributed by atoms with Crippen molar-refractivity contribution in [2.45, 2.75) is 26.1 Å². The Bertz CT molecular complexity index is 779. The molecule has 136 valence electrons. The Balaban J connectivity index is 1.71. The molecule has 2 heterocycles. The maximum Gasteiger partial charge on any atom is 0.145 e. The number of aromatic nitrogens is 1. The van der Waals surface area contributed by atoms with E-state index in [1.807, 2.05) is 6.07 Å². The molecule has 3 rings (SSSR count). The van der Waals surface area contributed by atoms with Gasteiger partial charge < -0.3 is 9.47 Å². The van der Waals surface area contributed by atoms with E-state index in [-0.39, 0.29) is 18.0 Å². The molecule has 0 aliphatic carbocycles. The molecule has 0 bridgehead atoms. The molecule has 5 nitrogen and oxygen atoms in total. The quantitative estimate of drug-likeness (QED) is 0.824. The van der Waals surface area contributed by atoms with Gasteiger partial charge in [0.2, 0.25) is 0 Å². The molecule has 2 atom stereocenters. The molecule has 0 saturated carbocycles. The van der Waals surface area contributed by atoms with Crippen LogP contribution in [-0.2, 0) is 4.74 Å². The van der Waals surface area contributed by atoms with Crippen molar-refractivity contribution in [3.05, 3.63) is 48.0 Å². The predicted molar refractivity (Wildman–Crippen MR) is 96.3 cm³/mol. The lowest BCUT2D eigenvalue weighted by atomic mass is 10.1. The lowest BCUT2D eigenvalue weighted by molar-refractivity contribution is -0.0699. The predicted octanol–water partition coefficient (Wildman–Crippen LogP) is 3.25. The minimum atomic E-state index is -0.304. The molecule has 1 aromatic heterocycles. The van der Waals surface area contributed by atoms with Crippen molar-refractivity contribution in [3.63, 3.8) is 0 Å². The monoisotopic (exact) mass is 355 g/mol. The van der Waals surface area contributed by atoms with Crippen LogP contribution in [-0.4, -0.2) is 48.3 Å². The van der Waals surface area contributed by atoms with Crippen LogP contribution in [0, 0.1) is 17.1 Å². The van der Waals surface area contributed by atoms with Crippen LogP contribution < -0.4 is 4.74 Å². The van der Waals surface area contributed by atoms with Crippen LogP contribution >= 0.6 is 0 Å². The van der Waals surface area contributed by atoms with E-state index < -0.39 is 0 Å². The van der Waals surface area contributed by atoms with Crippen molar-refractivity contribution in [3.8, 4) is 22.9 Å². The van der Waals surface area contributed by atoms with Gasteiger partial charge in [-0.25, -0.2) is 9.37 Å². The van der Waals surface area contributed by atoms with Gasteiger partial charge >= 0.3 is 0 Å². The highest BCUT2D eigenvalue weighted by Crippen LogP contribution is 2.30. The first-order chi connectivity index (χ1) is 12.5. The molecule has 2 unspecified atom stereocenters. The molecule has 0 N–H and O–H groups in total. The van der Waals surface area contributed by atoms with Crippen molar-refractivity contribution < 1.29 is 13.9 Å². The molecular formula is C20H22FN3O2.